The zero-order valence-corrected chi connectivity index (χ0v) is 12.0. The first-order valence-electron chi connectivity index (χ1n) is 12.5. The second-order valence-corrected chi connectivity index (χ2v) is 4.58. The van der Waals surface area contributed by atoms with Gasteiger partial charge in [0.05, 0.1) is 15.5 Å². The number of carbonyl (C=O) groups excluding carboxylic acids is 1. The van der Waals surface area contributed by atoms with Crippen molar-refractivity contribution in [3.8, 4) is 0 Å². The number of likely N-dealkylation sites (N-methyl/N-ethyl adjacent to an activating group) is 1. The van der Waals surface area contributed by atoms with Crippen molar-refractivity contribution in [2.75, 3.05) is 31.4 Å². The zero-order valence-electron chi connectivity index (χ0n) is 24.0. The molecule has 1 aliphatic heterocycles. The molecule has 120 valence electrons. The second kappa shape index (κ2) is 6.24. The molecule has 3 rings (SSSR count). The fourth-order valence-electron chi connectivity index (χ4n) is 2.13. The van der Waals surface area contributed by atoms with Gasteiger partial charge in [-0.15, -0.1) is 0 Å². The highest BCUT2D eigenvalue weighted by Gasteiger charge is 2.33. The number of carbonyl (C=O) groups is 1. The van der Waals surface area contributed by atoms with E-state index in [9.17, 15) is 4.79 Å². The van der Waals surface area contributed by atoms with E-state index in [1.807, 2.05) is 0 Å². The van der Waals surface area contributed by atoms with Crippen LogP contribution in [0.15, 0.2) is 18.6 Å². The molecule has 3 heterocycles. The molecule has 0 aromatic carbocycles. The van der Waals surface area contributed by atoms with Crippen molar-refractivity contribution in [1.82, 2.24) is 19.9 Å². The third kappa shape index (κ3) is 2.84. The number of hydrogen-bond acceptors (Lipinski definition) is 4. The van der Waals surface area contributed by atoms with E-state index in [1.165, 1.54) is 12.3 Å². The fraction of sp³-hybridized carbons (Fsp3) is 0.500. The Morgan fingerprint density at radius 2 is 2.70 bits per heavy atom. The smallest absolute Gasteiger partial charge is 0.302 e. The molecule has 0 spiro atoms. The maximum atomic E-state index is 12.9. The molecule has 1 aliphatic rings. The predicted molar refractivity (Wildman–Crippen MR) is 87.9 cm³/mol. The molecule has 2 aromatic rings. The molecule has 2 atom stereocenters. The van der Waals surface area contributed by atoms with Gasteiger partial charge in [0.1, 0.15) is 21.9 Å². The van der Waals surface area contributed by atoms with Gasteiger partial charge in [0.15, 0.2) is 0 Å². The number of amides is 1. The van der Waals surface area contributed by atoms with E-state index in [1.54, 1.807) is 0 Å². The summed E-state index contributed by atoms with van der Waals surface area (Å²) in [5.74, 6) is -5.60. The van der Waals surface area contributed by atoms with E-state index in [0.29, 0.717) is 4.90 Å². The number of nitrogens with zero attached hydrogens (tertiary/aromatic N) is 5. The van der Waals surface area contributed by atoms with Crippen LogP contribution in [0.3, 0.4) is 0 Å². The standard InChI is InChI=1S/C16H20N6O/c1-11-5-7-22(14(23)8-17-2)9-13(11)21(3)16-12-4-6-18-15(12)19-10-20-16/h4,6,10-11,13H,5,7-9H2,1,3H3,(H,18,19,20)/t11-,13+/m1/s1/i1D3,7D2,8D2,9D2,10D,11D,13D. The van der Waals surface area contributed by atoms with Crippen molar-refractivity contribution in [2.45, 2.75) is 19.3 Å². The lowest BCUT2D eigenvalue weighted by molar-refractivity contribution is -0.130. The predicted octanol–water partition coefficient (Wildman–Crippen LogP) is 1.55. The highest BCUT2D eigenvalue weighted by molar-refractivity contribution is 5.87. The third-order valence-electron chi connectivity index (χ3n) is 3.21. The van der Waals surface area contributed by atoms with Crippen molar-refractivity contribution < 1.29 is 21.2 Å². The first-order valence-corrected chi connectivity index (χ1v) is 6.48. The second-order valence-electron chi connectivity index (χ2n) is 4.58. The molecule has 0 unspecified atom stereocenters. The van der Waals surface area contributed by atoms with Crippen LogP contribution >= 0.6 is 0 Å². The molecule has 2 aromatic heterocycles. The number of nitrogens with one attached hydrogen (secondary N) is 1. The van der Waals surface area contributed by atoms with Gasteiger partial charge in [0.2, 0.25) is 0 Å². The Bertz CT molecular complexity index is 1220. The van der Waals surface area contributed by atoms with Crippen LogP contribution in [0.4, 0.5) is 5.82 Å². The Kier molecular flexibility index (Phi) is 1.76. The minimum Gasteiger partial charge on any atom is -0.354 e. The summed E-state index contributed by atoms with van der Waals surface area (Å²) in [5, 5.41) is 0.113. The van der Waals surface area contributed by atoms with Gasteiger partial charge in [0, 0.05) is 34.5 Å². The van der Waals surface area contributed by atoms with E-state index >= 15 is 0 Å². The number of rotatable bonds is 3. The molecule has 7 nitrogen and oxygen atoms in total. The summed E-state index contributed by atoms with van der Waals surface area (Å²) in [5.41, 5.74) is 0.0730. The molecule has 23 heavy (non-hydrogen) atoms. The molecule has 1 amide bonds. The highest BCUT2D eigenvalue weighted by atomic mass is 16.2. The summed E-state index contributed by atoms with van der Waals surface area (Å²) in [6, 6.07) is -1.97. The Balaban J connectivity index is 2.40. The molecule has 0 bridgehead atoms. The number of anilines is 1. The van der Waals surface area contributed by atoms with E-state index in [0.717, 1.165) is 7.05 Å². The number of likely N-dealkylation sites (tertiary alicyclic amines) is 1. The number of hydrogen-bond donors (Lipinski definition) is 1. The number of fused-ring (bicyclic) bond motifs is 1. The van der Waals surface area contributed by atoms with Crippen LogP contribution in [0.25, 0.3) is 15.9 Å². The number of piperidine rings is 1. The maximum absolute atomic E-state index is 12.9. The van der Waals surface area contributed by atoms with Crippen LogP contribution < -0.4 is 4.90 Å². The third-order valence-corrected chi connectivity index (χ3v) is 3.21. The van der Waals surface area contributed by atoms with E-state index < -0.39 is 56.9 Å². The van der Waals surface area contributed by atoms with Crippen LogP contribution in [0, 0.1) is 12.5 Å². The summed E-state index contributed by atoms with van der Waals surface area (Å²) >= 11 is 0. The summed E-state index contributed by atoms with van der Waals surface area (Å²) < 4.78 is 98.8. The van der Waals surface area contributed by atoms with Gasteiger partial charge >= 0.3 is 5.91 Å². The minimum absolute atomic E-state index is 0.0730. The largest absolute Gasteiger partial charge is 0.354 e. The molecule has 0 radical (unpaired) electrons. The van der Waals surface area contributed by atoms with Gasteiger partial charge in [-0.3, -0.25) is 4.79 Å². The Morgan fingerprint density at radius 1 is 1.83 bits per heavy atom. The van der Waals surface area contributed by atoms with E-state index in [4.69, 9.17) is 23.0 Å². The van der Waals surface area contributed by atoms with Crippen molar-refractivity contribution >= 4 is 22.8 Å². The number of aromatic nitrogens is 3. The van der Waals surface area contributed by atoms with Gasteiger partial charge in [0.25, 0.3) is 6.50 Å². The van der Waals surface area contributed by atoms with Gasteiger partial charge < -0.3 is 19.6 Å². The lowest BCUT2D eigenvalue weighted by Gasteiger charge is -2.41. The highest BCUT2D eigenvalue weighted by Crippen LogP contribution is 2.28. The number of H-pyrrole nitrogens is 1. The first-order chi connectivity index (χ1) is 15.7. The fourth-order valence-corrected chi connectivity index (χ4v) is 2.13. The summed E-state index contributed by atoms with van der Waals surface area (Å²) in [7, 11) is 1.00. The molecule has 7 heteroatoms. The minimum atomic E-state index is -3.72. The van der Waals surface area contributed by atoms with Crippen molar-refractivity contribution in [3.05, 3.63) is 30.0 Å². The van der Waals surface area contributed by atoms with Crippen molar-refractivity contribution in [2.24, 2.45) is 5.89 Å². The van der Waals surface area contributed by atoms with Gasteiger partial charge in [-0.05, 0) is 18.4 Å². The summed E-state index contributed by atoms with van der Waals surface area (Å²) in [6.07, 6.45) is -0.642. The van der Waals surface area contributed by atoms with Crippen LogP contribution in [0.2, 0.25) is 0 Å². The zero-order chi connectivity index (χ0) is 27.0. The topological polar surface area (TPSA) is 69.5 Å². The lowest BCUT2D eigenvalue weighted by Crippen LogP contribution is -2.53. The average molecular weight is 324 g/mol. The molecular formula is C16H20N6O. The SMILES string of the molecule is [2H]c1nc(N(C)[C@@]2([2H])C([2H])([2H])N(C(=O)C([2H])([2H])[N+]#[C-])C([2H])([2H])C[C@@]2([2H])C([2H])([2H])[2H])c2cc[nH]c2n1. The van der Waals surface area contributed by atoms with Crippen LogP contribution in [-0.4, -0.2) is 58.3 Å². The van der Waals surface area contributed by atoms with Crippen molar-refractivity contribution in [3.63, 3.8) is 0 Å². The van der Waals surface area contributed by atoms with Gasteiger partial charge in [-0.2, -0.15) is 0 Å². The molecule has 0 aliphatic carbocycles. The molecular weight excluding hydrogens is 292 g/mol. The molecule has 0 saturated carbocycles. The van der Waals surface area contributed by atoms with E-state index in [-0.39, 0.29) is 21.8 Å². The Morgan fingerprint density at radius 3 is 3.48 bits per heavy atom. The molecule has 1 fully saturated rings. The monoisotopic (exact) mass is 324 g/mol. The van der Waals surface area contributed by atoms with Crippen LogP contribution in [0.5, 0.6) is 0 Å². The quantitative estimate of drug-likeness (QED) is 0.870. The molecule has 1 N–H and O–H groups in total. The Labute approximate surface area is 152 Å². The number of aromatic amines is 1. The van der Waals surface area contributed by atoms with E-state index in [2.05, 4.69) is 19.8 Å². The summed E-state index contributed by atoms with van der Waals surface area (Å²) in [6.45, 7) is -7.00. The van der Waals surface area contributed by atoms with Crippen molar-refractivity contribution in [1.29, 1.82) is 0 Å². The Hall–Kier alpha value is -2.62. The summed E-state index contributed by atoms with van der Waals surface area (Å²) in [4.78, 5) is 26.1. The molecule has 1 saturated heterocycles. The van der Waals surface area contributed by atoms with Gasteiger partial charge in [-0.25, -0.2) is 16.5 Å². The lowest BCUT2D eigenvalue weighted by atomic mass is 9.92. The first kappa shape index (κ1) is 6.48. The van der Waals surface area contributed by atoms with Gasteiger partial charge in [-0.1, -0.05) is 6.85 Å². The average Bonchev–Trinajstić information content (AvgIpc) is 3.17. The maximum Gasteiger partial charge on any atom is 0.302 e. The van der Waals surface area contributed by atoms with Crippen LogP contribution in [-0.2, 0) is 4.79 Å². The van der Waals surface area contributed by atoms with Crippen LogP contribution in [0.1, 0.15) is 29.7 Å². The normalized spacial score (nSPS) is 40.8.